The number of hydrogen-bond donors (Lipinski definition) is 1. The van der Waals surface area contributed by atoms with Crippen LogP contribution in [-0.4, -0.2) is 46.8 Å². The van der Waals surface area contributed by atoms with Crippen LogP contribution in [0.1, 0.15) is 23.6 Å². The summed E-state index contributed by atoms with van der Waals surface area (Å²) in [6, 6.07) is 29.5. The van der Waals surface area contributed by atoms with Crippen molar-refractivity contribution >= 4 is 22.9 Å². The van der Waals surface area contributed by atoms with Crippen molar-refractivity contribution in [3.05, 3.63) is 120 Å². The van der Waals surface area contributed by atoms with Gasteiger partial charge in [0.05, 0.1) is 43.1 Å². The molecule has 4 atom stereocenters. The summed E-state index contributed by atoms with van der Waals surface area (Å²) in [7, 11) is 0. The van der Waals surface area contributed by atoms with Gasteiger partial charge in [0, 0.05) is 0 Å². The van der Waals surface area contributed by atoms with Crippen molar-refractivity contribution in [3.8, 4) is 0 Å². The quantitative estimate of drug-likeness (QED) is 0.176. The zero-order chi connectivity index (χ0) is 26.7. The maximum Gasteiger partial charge on any atom is 0.164 e. The Morgan fingerprint density at radius 1 is 0.816 bits per heavy atom. The van der Waals surface area contributed by atoms with Gasteiger partial charge in [-0.25, -0.2) is 0 Å². The zero-order valence-corrected chi connectivity index (χ0v) is 22.1. The van der Waals surface area contributed by atoms with E-state index >= 15 is 0 Å². The Balaban J connectivity index is 1.57. The van der Waals surface area contributed by atoms with Crippen molar-refractivity contribution in [2.24, 2.45) is 0 Å². The van der Waals surface area contributed by atoms with E-state index in [1.807, 2.05) is 91.0 Å². The number of Topliss-reactive ketones (excluding diaryl/α,β-unsaturated/α-hetero) is 1. The Labute approximate surface area is 228 Å². The first-order valence-corrected chi connectivity index (χ1v) is 13.0. The monoisotopic (exact) mass is 532 g/mol. The van der Waals surface area contributed by atoms with Crippen molar-refractivity contribution in [3.63, 3.8) is 0 Å². The topological polar surface area (TPSA) is 74.2 Å². The first kappa shape index (κ1) is 27.8. The van der Waals surface area contributed by atoms with Crippen molar-refractivity contribution in [2.45, 2.75) is 51.2 Å². The van der Waals surface area contributed by atoms with Gasteiger partial charge in [-0.1, -0.05) is 103 Å². The normalized spacial score (nSPS) is 21.3. The van der Waals surface area contributed by atoms with E-state index in [1.165, 1.54) is 6.92 Å². The highest BCUT2D eigenvalue weighted by atomic mass is 32.1. The highest BCUT2D eigenvalue weighted by Crippen LogP contribution is 2.32. The zero-order valence-electron chi connectivity index (χ0n) is 21.3. The molecule has 0 amide bonds. The van der Waals surface area contributed by atoms with Gasteiger partial charge < -0.3 is 24.1 Å². The highest BCUT2D eigenvalue weighted by Gasteiger charge is 2.49. The van der Waals surface area contributed by atoms with Gasteiger partial charge in [-0.05, 0) is 23.6 Å². The van der Waals surface area contributed by atoms with Gasteiger partial charge in [0.15, 0.2) is 5.78 Å². The molecule has 0 spiro atoms. The summed E-state index contributed by atoms with van der Waals surface area (Å²) in [5, 5.41) is 9.75. The van der Waals surface area contributed by atoms with Crippen LogP contribution in [0, 0.1) is 0 Å². The lowest BCUT2D eigenvalue weighted by atomic mass is 9.99. The minimum atomic E-state index is -0.790. The van der Waals surface area contributed by atoms with Gasteiger partial charge in [-0.2, -0.15) is 0 Å². The van der Waals surface area contributed by atoms with E-state index in [1.54, 1.807) is 0 Å². The molecule has 0 bridgehead atoms. The van der Waals surface area contributed by atoms with Crippen LogP contribution in [0.5, 0.6) is 0 Å². The SMILES string of the molecule is CC(=O)/C(=C/O)C(=S)[C@@H]1O[C@H](COCc2ccccc2)[C@@H](OCc2ccccc2)[C@H]1OCc1ccccc1. The fourth-order valence-electron chi connectivity index (χ4n) is 4.34. The second-order valence-corrected chi connectivity index (χ2v) is 9.52. The second-order valence-electron chi connectivity index (χ2n) is 9.08. The fraction of sp³-hybridized carbons (Fsp3) is 0.290. The molecule has 4 rings (SSSR count). The maximum absolute atomic E-state index is 12.2. The lowest BCUT2D eigenvalue weighted by Crippen LogP contribution is -2.41. The molecule has 0 radical (unpaired) electrons. The molecular weight excluding hydrogens is 500 g/mol. The van der Waals surface area contributed by atoms with Gasteiger partial charge in [0.2, 0.25) is 0 Å². The molecule has 1 fully saturated rings. The Morgan fingerprint density at radius 3 is 1.76 bits per heavy atom. The minimum Gasteiger partial charge on any atom is -0.515 e. The molecule has 7 heteroatoms. The number of thiocarbonyl (C=S) groups is 1. The molecule has 3 aromatic rings. The summed E-state index contributed by atoms with van der Waals surface area (Å²) in [4.78, 5) is 12.4. The fourth-order valence-corrected chi connectivity index (χ4v) is 4.72. The molecule has 6 nitrogen and oxygen atoms in total. The van der Waals surface area contributed by atoms with Gasteiger partial charge in [-0.15, -0.1) is 0 Å². The number of ketones is 1. The average Bonchev–Trinajstić information content (AvgIpc) is 3.29. The van der Waals surface area contributed by atoms with E-state index in [-0.39, 0.29) is 22.8 Å². The standard InChI is InChI=1S/C31H32O6S/c1-22(33)26(17-32)31(38)30-29(36-20-25-15-9-4-10-16-25)28(35-19-24-13-7-3-8-14-24)27(37-30)21-34-18-23-11-5-2-6-12-23/h2-17,27-30,32H,18-21H2,1H3/b26-17-/t27-,28-,29-,30-/m1/s1. The number of rotatable bonds is 13. The number of aliphatic hydroxyl groups is 1. The molecule has 38 heavy (non-hydrogen) atoms. The van der Waals surface area contributed by atoms with E-state index in [9.17, 15) is 9.90 Å². The van der Waals surface area contributed by atoms with Crippen LogP contribution in [0.3, 0.4) is 0 Å². The Kier molecular flexibility index (Phi) is 10.3. The smallest absolute Gasteiger partial charge is 0.164 e. The third kappa shape index (κ3) is 7.43. The summed E-state index contributed by atoms with van der Waals surface area (Å²) in [6.07, 6.45) is -1.74. The molecule has 1 N–H and O–H groups in total. The molecule has 1 aliphatic rings. The lowest BCUT2D eigenvalue weighted by Gasteiger charge is -2.25. The van der Waals surface area contributed by atoms with E-state index < -0.39 is 24.4 Å². The van der Waals surface area contributed by atoms with Gasteiger partial charge in [0.25, 0.3) is 0 Å². The van der Waals surface area contributed by atoms with Crippen LogP contribution in [0.25, 0.3) is 0 Å². The number of benzene rings is 3. The van der Waals surface area contributed by atoms with Crippen molar-refractivity contribution in [2.75, 3.05) is 6.61 Å². The number of ether oxygens (including phenoxy) is 4. The third-order valence-corrected chi connectivity index (χ3v) is 6.76. The Morgan fingerprint density at radius 2 is 1.29 bits per heavy atom. The number of aliphatic hydroxyl groups excluding tert-OH is 1. The van der Waals surface area contributed by atoms with E-state index in [0.717, 1.165) is 23.0 Å². The Hall–Kier alpha value is -3.20. The second kappa shape index (κ2) is 14.1. The maximum atomic E-state index is 12.2. The van der Waals surface area contributed by atoms with Crippen LogP contribution in [0.4, 0.5) is 0 Å². The van der Waals surface area contributed by atoms with E-state index in [2.05, 4.69) is 0 Å². The number of carbonyl (C=O) groups excluding carboxylic acids is 1. The van der Waals surface area contributed by atoms with Gasteiger partial charge >= 0.3 is 0 Å². The number of hydrogen-bond acceptors (Lipinski definition) is 7. The lowest BCUT2D eigenvalue weighted by molar-refractivity contribution is -0.113. The molecular formula is C31H32O6S. The predicted molar refractivity (Wildman–Crippen MR) is 149 cm³/mol. The largest absolute Gasteiger partial charge is 0.515 e. The van der Waals surface area contributed by atoms with E-state index in [0.29, 0.717) is 19.8 Å². The van der Waals surface area contributed by atoms with Crippen molar-refractivity contribution in [1.29, 1.82) is 0 Å². The molecule has 198 valence electrons. The molecule has 1 heterocycles. The Bertz CT molecular complexity index is 1200. The van der Waals surface area contributed by atoms with Crippen LogP contribution in [0.2, 0.25) is 0 Å². The first-order chi connectivity index (χ1) is 18.6. The molecule has 1 aliphatic heterocycles. The average molecular weight is 533 g/mol. The molecule has 1 saturated heterocycles. The molecule has 0 unspecified atom stereocenters. The summed E-state index contributed by atoms with van der Waals surface area (Å²) in [5.74, 6) is -0.353. The van der Waals surface area contributed by atoms with Crippen LogP contribution < -0.4 is 0 Å². The predicted octanol–water partition coefficient (Wildman–Crippen LogP) is 5.54. The third-order valence-electron chi connectivity index (χ3n) is 6.31. The summed E-state index contributed by atoms with van der Waals surface area (Å²) < 4.78 is 25.2. The summed E-state index contributed by atoms with van der Waals surface area (Å²) in [5.41, 5.74) is 3.04. The van der Waals surface area contributed by atoms with Gasteiger partial charge in [-0.3, -0.25) is 4.79 Å². The van der Waals surface area contributed by atoms with Crippen LogP contribution in [0.15, 0.2) is 103 Å². The molecule has 0 aliphatic carbocycles. The van der Waals surface area contributed by atoms with E-state index in [4.69, 9.17) is 31.2 Å². The van der Waals surface area contributed by atoms with Crippen molar-refractivity contribution in [1.82, 2.24) is 0 Å². The highest BCUT2D eigenvalue weighted by molar-refractivity contribution is 7.81. The summed E-state index contributed by atoms with van der Waals surface area (Å²) in [6.45, 7) is 2.63. The molecule has 0 aromatic heterocycles. The molecule has 0 saturated carbocycles. The van der Waals surface area contributed by atoms with Crippen LogP contribution in [-0.2, 0) is 43.6 Å². The first-order valence-electron chi connectivity index (χ1n) is 12.5. The minimum absolute atomic E-state index is 0.0194. The van der Waals surface area contributed by atoms with Crippen molar-refractivity contribution < 1.29 is 28.8 Å². The van der Waals surface area contributed by atoms with Gasteiger partial charge in [0.1, 0.15) is 24.4 Å². The van der Waals surface area contributed by atoms with Crippen LogP contribution >= 0.6 is 12.2 Å². The number of carbonyl (C=O) groups is 1. The summed E-state index contributed by atoms with van der Waals surface area (Å²) >= 11 is 5.64. The molecule has 3 aromatic carbocycles.